The number of unbranched alkanes of at least 4 members (excludes halogenated alkanes) is 2. The molecule has 20 heavy (non-hydrogen) atoms. The number of rotatable bonds is 6. The largest absolute Gasteiger partial charge is 0.312 e. The second-order valence-electron chi connectivity index (χ2n) is 4.87. The molecule has 1 heterocycles. The molecule has 0 fully saturated rings. The van der Waals surface area contributed by atoms with Crippen LogP contribution in [0.2, 0.25) is 0 Å². The Bertz CT molecular complexity index is 519. The number of nitro groups is 1. The third-order valence-corrected chi connectivity index (χ3v) is 4.05. The maximum absolute atomic E-state index is 12.0. The Morgan fingerprint density at radius 2 is 2.05 bits per heavy atom. The monoisotopic (exact) mass is 340 g/mol. The highest BCUT2D eigenvalue weighted by atomic mass is 79.9. The van der Waals surface area contributed by atoms with Crippen LogP contribution in [-0.4, -0.2) is 22.7 Å². The molecule has 0 bridgehead atoms. The van der Waals surface area contributed by atoms with E-state index in [1.54, 1.807) is 17.0 Å². The molecule has 0 radical (unpaired) electrons. The summed E-state index contributed by atoms with van der Waals surface area (Å²) in [6.07, 6.45) is 4.14. The van der Waals surface area contributed by atoms with Crippen LogP contribution in [0.25, 0.3) is 0 Å². The van der Waals surface area contributed by atoms with Gasteiger partial charge in [0.25, 0.3) is 5.69 Å². The van der Waals surface area contributed by atoms with E-state index in [2.05, 4.69) is 15.9 Å². The third kappa shape index (κ3) is 3.36. The molecule has 0 saturated heterocycles. The van der Waals surface area contributed by atoms with Gasteiger partial charge in [0, 0.05) is 36.1 Å². The summed E-state index contributed by atoms with van der Waals surface area (Å²) in [6, 6.07) is 4.77. The molecule has 0 aromatic heterocycles. The average molecular weight is 341 g/mol. The number of hydrogen-bond acceptors (Lipinski definition) is 3. The predicted molar refractivity (Wildman–Crippen MR) is 81.4 cm³/mol. The summed E-state index contributed by atoms with van der Waals surface area (Å²) in [5.41, 5.74) is 1.84. The first-order valence-electron chi connectivity index (χ1n) is 6.77. The Morgan fingerprint density at radius 3 is 2.75 bits per heavy atom. The number of alkyl halides is 1. The molecule has 0 unspecified atom stereocenters. The van der Waals surface area contributed by atoms with Crippen LogP contribution in [0.15, 0.2) is 18.2 Å². The molecule has 0 atom stereocenters. The molecule has 1 aromatic rings. The van der Waals surface area contributed by atoms with Crippen LogP contribution in [0.5, 0.6) is 0 Å². The van der Waals surface area contributed by atoms with Gasteiger partial charge >= 0.3 is 0 Å². The smallest absolute Gasteiger partial charge is 0.269 e. The SMILES string of the molecule is O=C1CCc2cc([N+](=O)[O-])ccc2N1CCCCCBr. The first-order valence-corrected chi connectivity index (χ1v) is 7.89. The van der Waals surface area contributed by atoms with Crippen LogP contribution in [0, 0.1) is 10.1 Å². The van der Waals surface area contributed by atoms with Crippen molar-refractivity contribution in [2.24, 2.45) is 0 Å². The van der Waals surface area contributed by atoms with Gasteiger partial charge in [0.2, 0.25) is 5.91 Å². The molecular formula is C14H17BrN2O3. The van der Waals surface area contributed by atoms with Gasteiger partial charge in [-0.15, -0.1) is 0 Å². The number of halogens is 1. The summed E-state index contributed by atoms with van der Waals surface area (Å²) in [4.78, 5) is 24.2. The van der Waals surface area contributed by atoms with E-state index in [-0.39, 0.29) is 11.6 Å². The molecule has 1 aliphatic heterocycles. The van der Waals surface area contributed by atoms with Crippen LogP contribution in [0.3, 0.4) is 0 Å². The van der Waals surface area contributed by atoms with Crippen molar-refractivity contribution in [1.29, 1.82) is 0 Å². The van der Waals surface area contributed by atoms with Crippen LogP contribution in [0.1, 0.15) is 31.2 Å². The van der Waals surface area contributed by atoms with E-state index in [4.69, 9.17) is 0 Å². The summed E-state index contributed by atoms with van der Waals surface area (Å²) in [5, 5.41) is 11.8. The molecule has 6 heteroatoms. The number of carbonyl (C=O) groups excluding carboxylic acids is 1. The normalized spacial score (nSPS) is 14.2. The van der Waals surface area contributed by atoms with Gasteiger partial charge in [-0.25, -0.2) is 0 Å². The standard InChI is InChI=1S/C14H17BrN2O3/c15-8-2-1-3-9-16-13-6-5-12(17(19)20)10-11(13)4-7-14(16)18/h5-6,10H,1-4,7-9H2. The molecule has 108 valence electrons. The first-order chi connectivity index (χ1) is 9.63. The van der Waals surface area contributed by atoms with E-state index in [9.17, 15) is 14.9 Å². The summed E-state index contributed by atoms with van der Waals surface area (Å²) in [5.74, 6) is 0.116. The lowest BCUT2D eigenvalue weighted by Gasteiger charge is -2.29. The van der Waals surface area contributed by atoms with E-state index in [0.29, 0.717) is 19.4 Å². The molecule has 1 aromatic carbocycles. The topological polar surface area (TPSA) is 63.4 Å². The average Bonchev–Trinajstić information content (AvgIpc) is 2.44. The van der Waals surface area contributed by atoms with Gasteiger partial charge in [-0.2, -0.15) is 0 Å². The van der Waals surface area contributed by atoms with E-state index in [1.165, 1.54) is 6.07 Å². The molecular weight excluding hydrogens is 324 g/mol. The fourth-order valence-corrected chi connectivity index (χ4v) is 2.84. The lowest BCUT2D eigenvalue weighted by Crippen LogP contribution is -2.35. The Balaban J connectivity index is 2.14. The lowest BCUT2D eigenvalue weighted by atomic mass is 10.00. The number of aryl methyl sites for hydroxylation is 1. The van der Waals surface area contributed by atoms with Crippen LogP contribution in [0.4, 0.5) is 11.4 Å². The first kappa shape index (κ1) is 15.0. The molecule has 0 spiro atoms. The van der Waals surface area contributed by atoms with Crippen molar-refractivity contribution in [2.75, 3.05) is 16.8 Å². The Morgan fingerprint density at radius 1 is 1.25 bits per heavy atom. The van der Waals surface area contributed by atoms with Gasteiger partial charge in [-0.3, -0.25) is 14.9 Å². The second kappa shape index (κ2) is 6.83. The minimum atomic E-state index is -0.392. The van der Waals surface area contributed by atoms with Gasteiger partial charge in [0.05, 0.1) is 4.92 Å². The number of nitro benzene ring substituents is 1. The van der Waals surface area contributed by atoms with Gasteiger partial charge in [0.1, 0.15) is 0 Å². The van der Waals surface area contributed by atoms with Crippen molar-refractivity contribution in [2.45, 2.75) is 32.1 Å². The van der Waals surface area contributed by atoms with E-state index >= 15 is 0 Å². The minimum Gasteiger partial charge on any atom is -0.312 e. The number of non-ortho nitro benzene ring substituents is 1. The maximum atomic E-state index is 12.0. The fourth-order valence-electron chi connectivity index (χ4n) is 2.45. The van der Waals surface area contributed by atoms with Gasteiger partial charge < -0.3 is 4.90 Å². The minimum absolute atomic E-state index is 0.0948. The number of nitrogens with zero attached hydrogens (tertiary/aromatic N) is 2. The molecule has 1 amide bonds. The number of amides is 1. The Hall–Kier alpha value is -1.43. The van der Waals surface area contributed by atoms with Crippen molar-refractivity contribution in [3.8, 4) is 0 Å². The predicted octanol–water partition coefficient (Wildman–Crippen LogP) is 3.44. The molecule has 0 N–H and O–H groups in total. The number of anilines is 1. The zero-order valence-electron chi connectivity index (χ0n) is 11.2. The van der Waals surface area contributed by atoms with Crippen LogP contribution >= 0.6 is 15.9 Å². The van der Waals surface area contributed by atoms with Crippen LogP contribution < -0.4 is 4.90 Å². The summed E-state index contributed by atoms with van der Waals surface area (Å²) in [7, 11) is 0. The van der Waals surface area contributed by atoms with E-state index < -0.39 is 4.92 Å². The fraction of sp³-hybridized carbons (Fsp3) is 0.500. The summed E-state index contributed by atoms with van der Waals surface area (Å²) >= 11 is 3.39. The third-order valence-electron chi connectivity index (χ3n) is 3.49. The quantitative estimate of drug-likeness (QED) is 0.345. The molecule has 0 saturated carbocycles. The van der Waals surface area contributed by atoms with Crippen molar-refractivity contribution in [1.82, 2.24) is 0 Å². The van der Waals surface area contributed by atoms with Gasteiger partial charge in [0.15, 0.2) is 0 Å². The van der Waals surface area contributed by atoms with Crippen LogP contribution in [-0.2, 0) is 11.2 Å². The Kier molecular flexibility index (Phi) is 5.11. The number of fused-ring (bicyclic) bond motifs is 1. The molecule has 0 aliphatic carbocycles. The maximum Gasteiger partial charge on any atom is 0.269 e. The van der Waals surface area contributed by atoms with Crippen molar-refractivity contribution >= 4 is 33.2 Å². The lowest BCUT2D eigenvalue weighted by molar-refractivity contribution is -0.384. The zero-order chi connectivity index (χ0) is 14.5. The highest BCUT2D eigenvalue weighted by Gasteiger charge is 2.25. The highest BCUT2D eigenvalue weighted by molar-refractivity contribution is 9.09. The Labute approximate surface area is 126 Å². The highest BCUT2D eigenvalue weighted by Crippen LogP contribution is 2.31. The number of hydrogen-bond donors (Lipinski definition) is 0. The molecule has 1 aliphatic rings. The van der Waals surface area contributed by atoms with Crippen molar-refractivity contribution in [3.63, 3.8) is 0 Å². The summed E-state index contributed by atoms with van der Waals surface area (Å²) in [6.45, 7) is 0.691. The molecule has 5 nitrogen and oxygen atoms in total. The number of benzene rings is 1. The summed E-state index contributed by atoms with van der Waals surface area (Å²) < 4.78 is 0. The number of carbonyl (C=O) groups is 1. The van der Waals surface area contributed by atoms with E-state index in [1.807, 2.05) is 0 Å². The van der Waals surface area contributed by atoms with Crippen molar-refractivity contribution < 1.29 is 9.72 Å². The van der Waals surface area contributed by atoms with Gasteiger partial charge in [-0.1, -0.05) is 22.4 Å². The zero-order valence-corrected chi connectivity index (χ0v) is 12.8. The van der Waals surface area contributed by atoms with Crippen molar-refractivity contribution in [3.05, 3.63) is 33.9 Å². The molecule has 2 rings (SSSR count). The van der Waals surface area contributed by atoms with E-state index in [0.717, 1.165) is 35.8 Å². The second-order valence-corrected chi connectivity index (χ2v) is 5.66. The van der Waals surface area contributed by atoms with Gasteiger partial charge in [-0.05, 0) is 30.9 Å².